The lowest BCUT2D eigenvalue weighted by Gasteiger charge is -2.27. The van der Waals surface area contributed by atoms with Crippen LogP contribution in [0.2, 0.25) is 0 Å². The molecule has 0 aliphatic heterocycles. The molecule has 1 atom stereocenters. The zero-order chi connectivity index (χ0) is 12.7. The Kier molecular flexibility index (Phi) is 7.30. The molecule has 0 spiro atoms. The van der Waals surface area contributed by atoms with E-state index in [1.165, 1.54) is 0 Å². The summed E-state index contributed by atoms with van der Waals surface area (Å²) in [6.07, 6.45) is 2.20. The molecule has 2 N–H and O–H groups in total. The third-order valence-corrected chi connectivity index (χ3v) is 3.48. The van der Waals surface area contributed by atoms with Gasteiger partial charge in [-0.25, -0.2) is 0 Å². The molecular weight excluding hydrogens is 220 g/mol. The van der Waals surface area contributed by atoms with Gasteiger partial charge in [0.2, 0.25) is 5.91 Å². The van der Waals surface area contributed by atoms with E-state index in [-0.39, 0.29) is 16.8 Å². The number of hydrogen-bond acceptors (Lipinski definition) is 2. The zero-order valence-corrected chi connectivity index (χ0v) is 11.6. The summed E-state index contributed by atoms with van der Waals surface area (Å²) in [6.45, 7) is 9.62. The average Bonchev–Trinajstić information content (AvgIpc) is 2.29. The highest BCUT2D eigenvalue weighted by molar-refractivity contribution is 7.80. The minimum Gasteiger partial charge on any atom is -0.393 e. The first-order valence-corrected chi connectivity index (χ1v) is 6.46. The van der Waals surface area contributed by atoms with Gasteiger partial charge in [0, 0.05) is 13.1 Å². The van der Waals surface area contributed by atoms with Crippen molar-refractivity contribution in [3.63, 3.8) is 0 Å². The molecule has 0 saturated carbocycles. The predicted octanol–water partition coefficient (Wildman–Crippen LogP) is 2.19. The molecule has 0 aromatic heterocycles. The van der Waals surface area contributed by atoms with Gasteiger partial charge in [-0.1, -0.05) is 38.9 Å². The quantitative estimate of drug-likeness (QED) is 0.698. The predicted molar refractivity (Wildman–Crippen MR) is 72.3 cm³/mol. The van der Waals surface area contributed by atoms with Crippen LogP contribution in [0.25, 0.3) is 0 Å². The lowest BCUT2D eigenvalue weighted by atomic mass is 10.0. The van der Waals surface area contributed by atoms with Crippen molar-refractivity contribution in [3.8, 4) is 0 Å². The molecule has 0 bridgehead atoms. The van der Waals surface area contributed by atoms with Crippen LogP contribution in [-0.2, 0) is 4.79 Å². The molecule has 0 rings (SSSR count). The van der Waals surface area contributed by atoms with Gasteiger partial charge in [0.25, 0.3) is 0 Å². The van der Waals surface area contributed by atoms with Crippen molar-refractivity contribution < 1.29 is 4.79 Å². The average molecular weight is 244 g/mol. The van der Waals surface area contributed by atoms with E-state index in [4.69, 9.17) is 18.0 Å². The Morgan fingerprint density at radius 2 is 1.81 bits per heavy atom. The summed E-state index contributed by atoms with van der Waals surface area (Å²) < 4.78 is 0. The fraction of sp³-hybridized carbons (Fsp3) is 0.833. The number of nitrogens with two attached hydrogens (primary N) is 1. The Hall–Kier alpha value is -0.640. The van der Waals surface area contributed by atoms with Gasteiger partial charge in [-0.2, -0.15) is 0 Å². The largest absolute Gasteiger partial charge is 0.393 e. The van der Waals surface area contributed by atoms with Gasteiger partial charge in [-0.3, -0.25) is 4.79 Å². The van der Waals surface area contributed by atoms with Crippen molar-refractivity contribution in [2.24, 2.45) is 17.6 Å². The van der Waals surface area contributed by atoms with Crippen molar-refractivity contribution in [1.29, 1.82) is 0 Å². The zero-order valence-electron chi connectivity index (χ0n) is 10.8. The van der Waals surface area contributed by atoms with E-state index in [0.29, 0.717) is 5.92 Å². The van der Waals surface area contributed by atoms with Crippen LogP contribution >= 0.6 is 12.2 Å². The van der Waals surface area contributed by atoms with Crippen molar-refractivity contribution in [2.45, 2.75) is 40.5 Å². The van der Waals surface area contributed by atoms with Crippen LogP contribution in [-0.4, -0.2) is 28.9 Å². The van der Waals surface area contributed by atoms with Crippen LogP contribution in [0.15, 0.2) is 0 Å². The Balaban J connectivity index is 4.48. The lowest BCUT2D eigenvalue weighted by molar-refractivity contribution is -0.133. The molecule has 94 valence electrons. The van der Waals surface area contributed by atoms with Gasteiger partial charge in [-0.15, -0.1) is 0 Å². The second-order valence-corrected chi connectivity index (χ2v) is 4.65. The van der Waals surface area contributed by atoms with Gasteiger partial charge < -0.3 is 10.6 Å². The molecule has 1 amide bonds. The van der Waals surface area contributed by atoms with E-state index in [1.54, 1.807) is 6.92 Å². The van der Waals surface area contributed by atoms with Crippen LogP contribution in [0.3, 0.4) is 0 Å². The molecule has 0 fully saturated rings. The molecule has 3 nitrogen and oxygen atoms in total. The summed E-state index contributed by atoms with van der Waals surface area (Å²) in [7, 11) is 0. The third-order valence-electron chi connectivity index (χ3n) is 3.12. The molecule has 0 aliphatic carbocycles. The van der Waals surface area contributed by atoms with E-state index in [9.17, 15) is 4.79 Å². The maximum atomic E-state index is 12.0. The number of rotatable bonds is 7. The van der Waals surface area contributed by atoms with Crippen molar-refractivity contribution in [3.05, 3.63) is 0 Å². The molecule has 0 aliphatic rings. The Morgan fingerprint density at radius 1 is 1.31 bits per heavy atom. The second-order valence-electron chi connectivity index (χ2n) is 4.18. The van der Waals surface area contributed by atoms with Gasteiger partial charge in [0.05, 0.1) is 10.9 Å². The summed E-state index contributed by atoms with van der Waals surface area (Å²) >= 11 is 4.86. The van der Waals surface area contributed by atoms with Crippen LogP contribution < -0.4 is 5.73 Å². The summed E-state index contributed by atoms with van der Waals surface area (Å²) in [5, 5.41) is 0. The Bertz CT molecular complexity index is 239. The standard InChI is InChI=1S/C12H24N2OS/c1-5-10(6-2)8-14(7-3)12(15)9(4)11(13)16/h9-10H,5-8H2,1-4H3,(H2,13,16). The van der Waals surface area contributed by atoms with E-state index in [1.807, 2.05) is 11.8 Å². The van der Waals surface area contributed by atoms with Gasteiger partial charge >= 0.3 is 0 Å². The van der Waals surface area contributed by atoms with Gasteiger partial charge in [0.15, 0.2) is 0 Å². The van der Waals surface area contributed by atoms with E-state index < -0.39 is 0 Å². The highest BCUT2D eigenvalue weighted by atomic mass is 32.1. The first-order chi connectivity index (χ1) is 7.47. The highest BCUT2D eigenvalue weighted by Gasteiger charge is 2.22. The van der Waals surface area contributed by atoms with Crippen LogP contribution in [0.1, 0.15) is 40.5 Å². The van der Waals surface area contributed by atoms with Crippen molar-refractivity contribution >= 4 is 23.1 Å². The topological polar surface area (TPSA) is 46.3 Å². The second kappa shape index (κ2) is 7.60. The maximum Gasteiger partial charge on any atom is 0.232 e. The minimum absolute atomic E-state index is 0.0573. The van der Waals surface area contributed by atoms with E-state index >= 15 is 0 Å². The molecule has 0 radical (unpaired) electrons. The number of carbonyl (C=O) groups excluding carboxylic acids is 1. The van der Waals surface area contributed by atoms with E-state index in [0.717, 1.165) is 25.9 Å². The summed E-state index contributed by atoms with van der Waals surface area (Å²) in [5.41, 5.74) is 5.51. The molecule has 1 unspecified atom stereocenters. The summed E-state index contributed by atoms with van der Waals surface area (Å²) in [5.74, 6) is 0.286. The van der Waals surface area contributed by atoms with Crippen LogP contribution in [0.4, 0.5) is 0 Å². The highest BCUT2D eigenvalue weighted by Crippen LogP contribution is 2.12. The summed E-state index contributed by atoms with van der Waals surface area (Å²) in [6, 6.07) is 0. The molecule has 0 saturated heterocycles. The minimum atomic E-state index is -0.343. The smallest absolute Gasteiger partial charge is 0.232 e. The number of thiocarbonyl (C=S) groups is 1. The SMILES string of the molecule is CCC(CC)CN(CC)C(=O)C(C)C(N)=S. The first kappa shape index (κ1) is 15.4. The molecule has 0 aromatic rings. The molecule has 4 heteroatoms. The molecule has 0 aromatic carbocycles. The molecule has 16 heavy (non-hydrogen) atoms. The lowest BCUT2D eigenvalue weighted by Crippen LogP contribution is -2.42. The normalized spacial score (nSPS) is 12.6. The Labute approximate surface area is 104 Å². The van der Waals surface area contributed by atoms with Gasteiger partial charge in [-0.05, 0) is 19.8 Å². The van der Waals surface area contributed by atoms with Crippen molar-refractivity contribution in [2.75, 3.05) is 13.1 Å². The summed E-state index contributed by atoms with van der Waals surface area (Å²) in [4.78, 5) is 14.2. The third kappa shape index (κ3) is 4.47. The van der Waals surface area contributed by atoms with Crippen LogP contribution in [0.5, 0.6) is 0 Å². The monoisotopic (exact) mass is 244 g/mol. The number of carbonyl (C=O) groups is 1. The first-order valence-electron chi connectivity index (χ1n) is 6.05. The van der Waals surface area contributed by atoms with Crippen molar-refractivity contribution in [1.82, 2.24) is 4.90 Å². The molecule has 0 heterocycles. The maximum absolute atomic E-state index is 12.0. The van der Waals surface area contributed by atoms with E-state index in [2.05, 4.69) is 13.8 Å². The fourth-order valence-corrected chi connectivity index (χ4v) is 1.73. The van der Waals surface area contributed by atoms with Crippen LogP contribution in [0, 0.1) is 11.8 Å². The number of nitrogens with zero attached hydrogens (tertiary/aromatic N) is 1. The van der Waals surface area contributed by atoms with Gasteiger partial charge in [0.1, 0.15) is 0 Å². The Morgan fingerprint density at radius 3 is 2.12 bits per heavy atom. The number of amides is 1. The molecular formula is C12H24N2OS. The fourth-order valence-electron chi connectivity index (χ4n) is 1.63. The number of hydrogen-bond donors (Lipinski definition) is 1.